The number of ether oxygens (including phenoxy) is 1. The molecule has 2 aromatic rings. The second kappa shape index (κ2) is 8.32. The van der Waals surface area contributed by atoms with E-state index in [4.69, 9.17) is 16.3 Å². The fourth-order valence-corrected chi connectivity index (χ4v) is 3.21. The normalized spacial score (nSPS) is 16.5. The molecule has 0 radical (unpaired) electrons. The molecule has 1 N–H and O–H groups in total. The Hall–Kier alpha value is -2.11. The van der Waals surface area contributed by atoms with E-state index in [-0.39, 0.29) is 18.2 Å². The minimum atomic E-state index is -0.243. The lowest BCUT2D eigenvalue weighted by Gasteiger charge is -2.32. The average Bonchev–Trinajstić information content (AvgIpc) is 2.67. The monoisotopic (exact) mass is 359 g/mol. The third-order valence-electron chi connectivity index (χ3n) is 4.57. The molecule has 0 saturated carbocycles. The van der Waals surface area contributed by atoms with Crippen LogP contribution in [0.4, 0.5) is 4.79 Å². The van der Waals surface area contributed by atoms with Gasteiger partial charge in [-0.05, 0) is 48.2 Å². The number of urea groups is 1. The van der Waals surface area contributed by atoms with Crippen LogP contribution in [0, 0.1) is 0 Å². The quantitative estimate of drug-likeness (QED) is 0.906. The molecule has 132 valence electrons. The summed E-state index contributed by atoms with van der Waals surface area (Å²) in [5.74, 6) is 0. The summed E-state index contributed by atoms with van der Waals surface area (Å²) in [5, 5.41) is 3.82. The molecular formula is C19H22ClN3O2. The Balaban J connectivity index is 1.76. The van der Waals surface area contributed by atoms with Gasteiger partial charge < -0.3 is 15.0 Å². The fourth-order valence-electron chi connectivity index (χ4n) is 3.08. The smallest absolute Gasteiger partial charge is 0.318 e. The van der Waals surface area contributed by atoms with Crippen molar-refractivity contribution >= 4 is 17.6 Å². The Morgan fingerprint density at radius 1 is 1.16 bits per heavy atom. The van der Waals surface area contributed by atoms with Crippen molar-refractivity contribution in [2.45, 2.75) is 25.0 Å². The highest BCUT2D eigenvalue weighted by molar-refractivity contribution is 6.30. The largest absolute Gasteiger partial charge is 0.381 e. The molecule has 0 spiro atoms. The first kappa shape index (κ1) is 17.7. The molecule has 25 heavy (non-hydrogen) atoms. The number of hydrogen-bond acceptors (Lipinski definition) is 3. The van der Waals surface area contributed by atoms with Crippen molar-refractivity contribution < 1.29 is 9.53 Å². The number of aromatic nitrogens is 1. The van der Waals surface area contributed by atoms with Gasteiger partial charge in [0.15, 0.2) is 0 Å². The first-order chi connectivity index (χ1) is 12.2. The summed E-state index contributed by atoms with van der Waals surface area (Å²) in [6.07, 6.45) is 5.44. The molecule has 1 atom stereocenters. The number of carbonyl (C=O) groups is 1. The number of nitrogens with zero attached hydrogens (tertiary/aromatic N) is 2. The van der Waals surface area contributed by atoms with Crippen LogP contribution in [0.3, 0.4) is 0 Å². The maximum atomic E-state index is 12.7. The van der Waals surface area contributed by atoms with Crippen molar-refractivity contribution in [1.29, 1.82) is 0 Å². The number of likely N-dealkylation sites (tertiary alicyclic amines) is 1. The number of carbonyl (C=O) groups excluding carboxylic acids is 1. The van der Waals surface area contributed by atoms with Crippen LogP contribution in [0.15, 0.2) is 48.8 Å². The Kier molecular flexibility index (Phi) is 5.89. The standard InChI is InChI=1S/C19H22ClN3O2/c1-25-17-8-12-23(13-9-17)19(24)22-18(15-6-10-21-11-7-15)14-2-4-16(20)5-3-14/h2-7,10-11,17-18H,8-9,12-13H2,1H3,(H,22,24). The van der Waals surface area contributed by atoms with Crippen LogP contribution in [-0.4, -0.2) is 42.2 Å². The molecule has 1 unspecified atom stereocenters. The Bertz CT molecular complexity index is 686. The van der Waals surface area contributed by atoms with E-state index in [1.807, 2.05) is 41.3 Å². The zero-order chi connectivity index (χ0) is 17.6. The summed E-state index contributed by atoms with van der Waals surface area (Å²) < 4.78 is 5.37. The predicted molar refractivity (Wildman–Crippen MR) is 97.7 cm³/mol. The molecule has 3 rings (SSSR count). The number of rotatable bonds is 4. The Morgan fingerprint density at radius 2 is 1.76 bits per heavy atom. The number of benzene rings is 1. The van der Waals surface area contributed by atoms with Crippen LogP contribution >= 0.6 is 11.6 Å². The maximum absolute atomic E-state index is 12.7. The molecule has 0 bridgehead atoms. The molecule has 2 amide bonds. The molecule has 1 aromatic carbocycles. The van der Waals surface area contributed by atoms with Gasteiger partial charge in [0, 0.05) is 37.6 Å². The lowest BCUT2D eigenvalue weighted by Crippen LogP contribution is -2.46. The van der Waals surface area contributed by atoms with Crippen LogP contribution in [-0.2, 0) is 4.74 Å². The van der Waals surface area contributed by atoms with Gasteiger partial charge in [-0.25, -0.2) is 4.79 Å². The van der Waals surface area contributed by atoms with Gasteiger partial charge in [0.1, 0.15) is 0 Å². The van der Waals surface area contributed by atoms with Gasteiger partial charge in [-0.2, -0.15) is 0 Å². The van der Waals surface area contributed by atoms with E-state index in [9.17, 15) is 4.79 Å². The number of hydrogen-bond donors (Lipinski definition) is 1. The van der Waals surface area contributed by atoms with Gasteiger partial charge in [-0.3, -0.25) is 4.98 Å². The lowest BCUT2D eigenvalue weighted by atomic mass is 10.00. The van der Waals surface area contributed by atoms with Crippen LogP contribution < -0.4 is 5.32 Å². The van der Waals surface area contributed by atoms with Crippen molar-refractivity contribution in [3.8, 4) is 0 Å². The van der Waals surface area contributed by atoms with Crippen LogP contribution in [0.25, 0.3) is 0 Å². The van der Waals surface area contributed by atoms with E-state index in [0.717, 1.165) is 24.0 Å². The molecule has 1 aromatic heterocycles. The van der Waals surface area contributed by atoms with E-state index < -0.39 is 0 Å². The van der Waals surface area contributed by atoms with Gasteiger partial charge in [0.05, 0.1) is 12.1 Å². The number of nitrogens with one attached hydrogen (secondary N) is 1. The van der Waals surface area contributed by atoms with Gasteiger partial charge >= 0.3 is 6.03 Å². The average molecular weight is 360 g/mol. The van der Waals surface area contributed by atoms with Crippen molar-refractivity contribution in [1.82, 2.24) is 15.2 Å². The Labute approximate surface area is 153 Å². The van der Waals surface area contributed by atoms with Gasteiger partial charge in [-0.15, -0.1) is 0 Å². The second-order valence-electron chi connectivity index (χ2n) is 6.14. The minimum Gasteiger partial charge on any atom is -0.381 e. The third kappa shape index (κ3) is 4.50. The molecule has 1 aliphatic rings. The number of piperidine rings is 1. The molecule has 1 saturated heterocycles. The minimum absolute atomic E-state index is 0.0636. The topological polar surface area (TPSA) is 54.5 Å². The molecule has 6 heteroatoms. The molecule has 0 aliphatic carbocycles. The molecule has 2 heterocycles. The Morgan fingerprint density at radius 3 is 2.36 bits per heavy atom. The zero-order valence-electron chi connectivity index (χ0n) is 14.2. The van der Waals surface area contributed by atoms with Crippen molar-refractivity contribution in [2.75, 3.05) is 20.2 Å². The molecule has 1 aliphatic heterocycles. The summed E-state index contributed by atoms with van der Waals surface area (Å²) in [6, 6.07) is 11.1. The van der Waals surface area contributed by atoms with Gasteiger partial charge in [0.25, 0.3) is 0 Å². The first-order valence-corrected chi connectivity index (χ1v) is 8.79. The number of halogens is 1. The number of amides is 2. The predicted octanol–water partition coefficient (Wildman–Crippen LogP) is 3.64. The summed E-state index contributed by atoms with van der Waals surface area (Å²) in [5.41, 5.74) is 1.97. The van der Waals surface area contributed by atoms with Crippen molar-refractivity contribution in [3.63, 3.8) is 0 Å². The van der Waals surface area contributed by atoms with E-state index >= 15 is 0 Å². The number of pyridine rings is 1. The third-order valence-corrected chi connectivity index (χ3v) is 4.83. The number of methoxy groups -OCH3 is 1. The maximum Gasteiger partial charge on any atom is 0.318 e. The van der Waals surface area contributed by atoms with E-state index in [1.54, 1.807) is 19.5 Å². The SMILES string of the molecule is COC1CCN(C(=O)NC(c2ccncc2)c2ccc(Cl)cc2)CC1. The highest BCUT2D eigenvalue weighted by Gasteiger charge is 2.25. The lowest BCUT2D eigenvalue weighted by molar-refractivity contribution is 0.0501. The van der Waals surface area contributed by atoms with Crippen LogP contribution in [0.2, 0.25) is 5.02 Å². The molecule has 5 nitrogen and oxygen atoms in total. The van der Waals surface area contributed by atoms with Gasteiger partial charge in [0.2, 0.25) is 0 Å². The van der Waals surface area contributed by atoms with Crippen molar-refractivity contribution in [2.24, 2.45) is 0 Å². The molecular weight excluding hydrogens is 338 g/mol. The van der Waals surface area contributed by atoms with Gasteiger partial charge in [-0.1, -0.05) is 23.7 Å². The fraction of sp³-hybridized carbons (Fsp3) is 0.368. The summed E-state index contributed by atoms with van der Waals surface area (Å²) in [6.45, 7) is 1.40. The van der Waals surface area contributed by atoms with Crippen LogP contribution in [0.1, 0.15) is 30.0 Å². The second-order valence-corrected chi connectivity index (χ2v) is 6.57. The van der Waals surface area contributed by atoms with E-state index in [2.05, 4.69) is 10.3 Å². The zero-order valence-corrected chi connectivity index (χ0v) is 14.9. The van der Waals surface area contributed by atoms with Crippen LogP contribution in [0.5, 0.6) is 0 Å². The molecule has 1 fully saturated rings. The summed E-state index contributed by atoms with van der Waals surface area (Å²) in [7, 11) is 1.72. The van der Waals surface area contributed by atoms with E-state index in [0.29, 0.717) is 18.1 Å². The first-order valence-electron chi connectivity index (χ1n) is 8.41. The summed E-state index contributed by atoms with van der Waals surface area (Å²) in [4.78, 5) is 18.7. The summed E-state index contributed by atoms with van der Waals surface area (Å²) >= 11 is 6.00. The highest BCUT2D eigenvalue weighted by Crippen LogP contribution is 2.24. The highest BCUT2D eigenvalue weighted by atomic mass is 35.5. The van der Waals surface area contributed by atoms with E-state index in [1.165, 1.54) is 0 Å². The van der Waals surface area contributed by atoms with Crippen molar-refractivity contribution in [3.05, 3.63) is 64.9 Å².